The first kappa shape index (κ1) is 19.3. The number of nitrogens with zero attached hydrogens (tertiary/aromatic N) is 2. The second-order valence-electron chi connectivity index (χ2n) is 4.99. The van der Waals surface area contributed by atoms with Gasteiger partial charge in [-0.15, -0.1) is 0 Å². The lowest BCUT2D eigenvalue weighted by molar-refractivity contribution is -0.0000141. The smallest absolute Gasteiger partial charge is 0.256 e. The first-order valence-corrected chi connectivity index (χ1v) is 8.69. The van der Waals surface area contributed by atoms with E-state index in [9.17, 15) is 4.79 Å². The van der Waals surface area contributed by atoms with Gasteiger partial charge in [0.15, 0.2) is 5.17 Å². The lowest BCUT2D eigenvalue weighted by Crippen LogP contribution is -3.00. The number of hydrogen-bond acceptors (Lipinski definition) is 6. The van der Waals surface area contributed by atoms with E-state index in [2.05, 4.69) is 20.6 Å². The van der Waals surface area contributed by atoms with Gasteiger partial charge in [-0.3, -0.25) is 9.79 Å². The van der Waals surface area contributed by atoms with E-state index in [1.54, 1.807) is 30.1 Å². The average Bonchev–Trinajstić information content (AvgIpc) is 3.13. The number of amidine groups is 1. The summed E-state index contributed by atoms with van der Waals surface area (Å²) in [5.41, 5.74) is 0.419. The molecule has 132 valence electrons. The minimum Gasteiger partial charge on any atom is -1.00 e. The Morgan fingerprint density at radius 2 is 2.08 bits per heavy atom. The number of aromatic nitrogens is 1. The summed E-state index contributed by atoms with van der Waals surface area (Å²) >= 11 is 1.61. The lowest BCUT2D eigenvalue weighted by atomic mass is 10.2. The molecule has 1 aromatic heterocycles. The van der Waals surface area contributed by atoms with Crippen molar-refractivity contribution >= 4 is 22.8 Å². The first-order valence-electron chi connectivity index (χ1n) is 7.70. The van der Waals surface area contributed by atoms with Gasteiger partial charge in [0, 0.05) is 25.0 Å². The maximum Gasteiger partial charge on any atom is 0.256 e. The molecule has 25 heavy (non-hydrogen) atoms. The third-order valence-electron chi connectivity index (χ3n) is 3.24. The SMILES string of the molecule is O=C(NCCSC1=NCCN1)c1cccnc1Oc1ccccc1.[Br-]. The summed E-state index contributed by atoms with van der Waals surface area (Å²) in [7, 11) is 0. The third-order valence-corrected chi connectivity index (χ3v) is 4.20. The molecule has 1 amide bonds. The molecule has 2 aromatic rings. The summed E-state index contributed by atoms with van der Waals surface area (Å²) in [6, 6.07) is 12.7. The molecule has 1 aliphatic heterocycles. The molecule has 0 saturated carbocycles. The monoisotopic (exact) mass is 421 g/mol. The van der Waals surface area contributed by atoms with E-state index >= 15 is 0 Å². The number of carbonyl (C=O) groups is 1. The molecule has 2 N–H and O–H groups in total. The topological polar surface area (TPSA) is 75.6 Å². The molecule has 3 rings (SSSR count). The normalized spacial score (nSPS) is 12.6. The van der Waals surface area contributed by atoms with Gasteiger partial charge in [0.25, 0.3) is 5.91 Å². The Morgan fingerprint density at radius 3 is 2.84 bits per heavy atom. The zero-order valence-corrected chi connectivity index (χ0v) is 15.8. The van der Waals surface area contributed by atoms with Crippen molar-refractivity contribution in [2.24, 2.45) is 4.99 Å². The van der Waals surface area contributed by atoms with Gasteiger partial charge in [0.05, 0.1) is 6.54 Å². The number of aliphatic imine (C=N–C) groups is 1. The largest absolute Gasteiger partial charge is 1.00 e. The van der Waals surface area contributed by atoms with Crippen LogP contribution in [0, 0.1) is 0 Å². The lowest BCUT2D eigenvalue weighted by Gasteiger charge is -2.10. The summed E-state index contributed by atoms with van der Waals surface area (Å²) in [6.07, 6.45) is 1.61. The molecular weight excluding hydrogens is 404 g/mol. The van der Waals surface area contributed by atoms with E-state index in [1.807, 2.05) is 30.3 Å². The van der Waals surface area contributed by atoms with Gasteiger partial charge in [-0.25, -0.2) is 4.98 Å². The number of halogens is 1. The molecule has 0 atom stereocenters. The fourth-order valence-corrected chi connectivity index (χ4v) is 2.91. The number of thioether (sulfide) groups is 1. The van der Waals surface area contributed by atoms with Crippen molar-refractivity contribution in [1.82, 2.24) is 15.6 Å². The van der Waals surface area contributed by atoms with Crippen LogP contribution in [0.2, 0.25) is 0 Å². The summed E-state index contributed by atoms with van der Waals surface area (Å²) in [6.45, 7) is 2.26. The van der Waals surface area contributed by atoms with Gasteiger partial charge in [0.1, 0.15) is 11.3 Å². The number of carbonyl (C=O) groups excluding carboxylic acids is 1. The number of rotatable bonds is 6. The van der Waals surface area contributed by atoms with E-state index in [-0.39, 0.29) is 22.9 Å². The number of amides is 1. The maximum atomic E-state index is 12.4. The van der Waals surface area contributed by atoms with Crippen molar-refractivity contribution in [2.75, 3.05) is 25.4 Å². The second kappa shape index (κ2) is 10.0. The van der Waals surface area contributed by atoms with Gasteiger partial charge < -0.3 is 32.4 Å². The van der Waals surface area contributed by atoms with Crippen LogP contribution in [0.15, 0.2) is 53.7 Å². The zero-order chi connectivity index (χ0) is 16.6. The van der Waals surface area contributed by atoms with Crippen molar-refractivity contribution < 1.29 is 26.5 Å². The maximum absolute atomic E-state index is 12.4. The quantitative estimate of drug-likeness (QED) is 0.603. The van der Waals surface area contributed by atoms with Crippen LogP contribution in [0.4, 0.5) is 0 Å². The van der Waals surface area contributed by atoms with E-state index in [0.717, 1.165) is 24.0 Å². The molecule has 0 unspecified atom stereocenters. The first-order chi connectivity index (χ1) is 11.8. The van der Waals surface area contributed by atoms with Crippen molar-refractivity contribution in [3.63, 3.8) is 0 Å². The fourth-order valence-electron chi connectivity index (χ4n) is 2.13. The molecule has 1 aliphatic rings. The van der Waals surface area contributed by atoms with E-state index in [4.69, 9.17) is 4.74 Å². The molecular formula is C17H18BrN4O2S-. The molecule has 0 radical (unpaired) electrons. The molecule has 0 fully saturated rings. The minimum absolute atomic E-state index is 0. The van der Waals surface area contributed by atoms with Gasteiger partial charge in [0.2, 0.25) is 5.88 Å². The standard InChI is InChI=1S/C17H18N4O2S.BrH/c22-15(18-11-12-24-17-20-9-10-21-17)14-7-4-8-19-16(14)23-13-5-2-1-3-6-13;/h1-8H,9-12H2,(H,18,22)(H,20,21);1H/p-1. The zero-order valence-electron chi connectivity index (χ0n) is 13.4. The molecule has 1 aromatic carbocycles. The number of hydrogen-bond donors (Lipinski definition) is 2. The molecule has 0 aliphatic carbocycles. The van der Waals surface area contributed by atoms with Crippen LogP contribution >= 0.6 is 11.8 Å². The third kappa shape index (κ3) is 5.75. The predicted molar refractivity (Wildman–Crippen MR) is 95.8 cm³/mol. The highest BCUT2D eigenvalue weighted by Crippen LogP contribution is 2.22. The highest BCUT2D eigenvalue weighted by atomic mass is 79.9. The Hall–Kier alpha value is -2.06. The van der Waals surface area contributed by atoms with Crippen LogP contribution < -0.4 is 32.4 Å². The van der Waals surface area contributed by atoms with Crippen molar-refractivity contribution in [1.29, 1.82) is 0 Å². The van der Waals surface area contributed by atoms with Crippen molar-refractivity contribution in [3.8, 4) is 11.6 Å². The second-order valence-corrected chi connectivity index (χ2v) is 6.07. The van der Waals surface area contributed by atoms with Crippen LogP contribution in [0.5, 0.6) is 11.6 Å². The Bertz CT molecular complexity index is 728. The van der Waals surface area contributed by atoms with E-state index in [1.165, 1.54) is 0 Å². The molecule has 6 nitrogen and oxygen atoms in total. The van der Waals surface area contributed by atoms with Crippen LogP contribution in [0.3, 0.4) is 0 Å². The Morgan fingerprint density at radius 1 is 1.24 bits per heavy atom. The van der Waals surface area contributed by atoms with Crippen LogP contribution in [-0.4, -0.2) is 41.4 Å². The average molecular weight is 422 g/mol. The highest BCUT2D eigenvalue weighted by Gasteiger charge is 2.14. The Balaban J connectivity index is 0.00000225. The summed E-state index contributed by atoms with van der Waals surface area (Å²) in [5, 5.41) is 7.01. The van der Waals surface area contributed by atoms with Gasteiger partial charge >= 0.3 is 0 Å². The number of pyridine rings is 1. The van der Waals surface area contributed by atoms with Crippen LogP contribution in [0.25, 0.3) is 0 Å². The van der Waals surface area contributed by atoms with Gasteiger partial charge in [-0.1, -0.05) is 30.0 Å². The summed E-state index contributed by atoms with van der Waals surface area (Å²) in [5.74, 6) is 1.50. The highest BCUT2D eigenvalue weighted by molar-refractivity contribution is 8.13. The summed E-state index contributed by atoms with van der Waals surface area (Å²) in [4.78, 5) is 20.8. The van der Waals surface area contributed by atoms with E-state index < -0.39 is 0 Å². The minimum atomic E-state index is -0.198. The number of benzene rings is 1. The molecule has 0 saturated heterocycles. The number of nitrogens with one attached hydrogen (secondary N) is 2. The van der Waals surface area contributed by atoms with Gasteiger partial charge in [-0.05, 0) is 24.3 Å². The Labute approximate surface area is 161 Å². The fraction of sp³-hybridized carbons (Fsp3) is 0.235. The molecule has 0 spiro atoms. The van der Waals surface area contributed by atoms with Crippen molar-refractivity contribution in [3.05, 3.63) is 54.2 Å². The summed E-state index contributed by atoms with van der Waals surface area (Å²) < 4.78 is 5.71. The molecule has 8 heteroatoms. The van der Waals surface area contributed by atoms with E-state index in [0.29, 0.717) is 23.7 Å². The number of ether oxygens (including phenoxy) is 1. The van der Waals surface area contributed by atoms with Gasteiger partial charge in [-0.2, -0.15) is 0 Å². The Kier molecular flexibility index (Phi) is 7.75. The van der Waals surface area contributed by atoms with Crippen molar-refractivity contribution in [2.45, 2.75) is 0 Å². The number of para-hydroxylation sites is 1. The van der Waals surface area contributed by atoms with Crippen LogP contribution in [0.1, 0.15) is 10.4 Å². The molecule has 2 heterocycles. The predicted octanol–water partition coefficient (Wildman–Crippen LogP) is -0.700. The molecule has 0 bridgehead atoms. The van der Waals surface area contributed by atoms with Crippen LogP contribution in [-0.2, 0) is 0 Å².